The van der Waals surface area contributed by atoms with Gasteiger partial charge >= 0.3 is 12.1 Å². The van der Waals surface area contributed by atoms with Crippen LogP contribution >= 0.6 is 0 Å². The van der Waals surface area contributed by atoms with Crippen LogP contribution in [0.1, 0.15) is 35.3 Å². The van der Waals surface area contributed by atoms with Crippen LogP contribution in [0.15, 0.2) is 72.8 Å². The molecule has 0 unspecified atom stereocenters. The maximum atomic E-state index is 12.0. The molecule has 0 fully saturated rings. The number of carbonyl (C=O) groups excluding carboxylic acids is 1. The van der Waals surface area contributed by atoms with Crippen LogP contribution in [0.2, 0.25) is 0 Å². The van der Waals surface area contributed by atoms with E-state index in [0.29, 0.717) is 11.1 Å². The van der Waals surface area contributed by atoms with Crippen LogP contribution in [0.5, 0.6) is 5.75 Å². The lowest BCUT2D eigenvalue weighted by Gasteiger charge is -2.28. The van der Waals surface area contributed by atoms with E-state index < -0.39 is 17.5 Å². The minimum absolute atomic E-state index is 0.183. The minimum Gasteiger partial charge on any atom is -0.465 e. The SMILES string of the molecule is COC(=O)c1ccc(OC(=O)O)c(C(C)(C)c2ccc(-c3ccccc3)cc2)c1. The summed E-state index contributed by atoms with van der Waals surface area (Å²) in [6, 6.07) is 22.7. The van der Waals surface area contributed by atoms with Crippen molar-refractivity contribution in [3.8, 4) is 16.9 Å². The fourth-order valence-corrected chi connectivity index (χ4v) is 3.31. The molecule has 0 atom stereocenters. The predicted molar refractivity (Wildman–Crippen MR) is 110 cm³/mol. The maximum absolute atomic E-state index is 12.0. The van der Waals surface area contributed by atoms with E-state index in [0.717, 1.165) is 16.7 Å². The van der Waals surface area contributed by atoms with E-state index in [-0.39, 0.29) is 5.75 Å². The second kappa shape index (κ2) is 8.19. The van der Waals surface area contributed by atoms with Gasteiger partial charge < -0.3 is 14.6 Å². The minimum atomic E-state index is -1.41. The summed E-state index contributed by atoms with van der Waals surface area (Å²) in [6.07, 6.45) is -1.41. The van der Waals surface area contributed by atoms with Crippen molar-refractivity contribution in [1.82, 2.24) is 0 Å². The summed E-state index contributed by atoms with van der Waals surface area (Å²) >= 11 is 0. The first kappa shape index (κ1) is 20.1. The number of hydrogen-bond acceptors (Lipinski definition) is 4. The zero-order chi connectivity index (χ0) is 21.0. The lowest BCUT2D eigenvalue weighted by atomic mass is 9.76. The topological polar surface area (TPSA) is 72.8 Å². The fourth-order valence-electron chi connectivity index (χ4n) is 3.31. The molecule has 5 heteroatoms. The van der Waals surface area contributed by atoms with Gasteiger partial charge in [0.05, 0.1) is 12.7 Å². The van der Waals surface area contributed by atoms with Gasteiger partial charge in [-0.2, -0.15) is 0 Å². The largest absolute Gasteiger partial charge is 0.511 e. The van der Waals surface area contributed by atoms with Gasteiger partial charge in [0, 0.05) is 11.0 Å². The summed E-state index contributed by atoms with van der Waals surface area (Å²) < 4.78 is 9.78. The van der Waals surface area contributed by atoms with E-state index in [2.05, 4.69) is 0 Å². The van der Waals surface area contributed by atoms with Crippen molar-refractivity contribution in [3.63, 3.8) is 0 Å². The molecule has 0 bridgehead atoms. The summed E-state index contributed by atoms with van der Waals surface area (Å²) in [6.45, 7) is 3.91. The summed E-state index contributed by atoms with van der Waals surface area (Å²) in [5.41, 5.74) is 3.43. The van der Waals surface area contributed by atoms with Crippen LogP contribution in [0, 0.1) is 0 Å². The average Bonchev–Trinajstić information content (AvgIpc) is 2.73. The van der Waals surface area contributed by atoms with E-state index in [1.807, 2.05) is 68.4 Å². The third-order valence-corrected chi connectivity index (χ3v) is 4.98. The third-order valence-electron chi connectivity index (χ3n) is 4.98. The van der Waals surface area contributed by atoms with Crippen LogP contribution in [0.3, 0.4) is 0 Å². The molecule has 0 radical (unpaired) electrons. The number of esters is 1. The van der Waals surface area contributed by atoms with Crippen molar-refractivity contribution in [3.05, 3.63) is 89.5 Å². The Morgan fingerprint density at radius 2 is 1.48 bits per heavy atom. The molecule has 0 saturated heterocycles. The van der Waals surface area contributed by atoms with Crippen LogP contribution < -0.4 is 4.74 Å². The molecule has 29 heavy (non-hydrogen) atoms. The second-order valence-corrected chi connectivity index (χ2v) is 7.14. The van der Waals surface area contributed by atoms with E-state index >= 15 is 0 Å². The first-order valence-electron chi connectivity index (χ1n) is 9.12. The first-order valence-corrected chi connectivity index (χ1v) is 9.12. The van der Waals surface area contributed by atoms with Crippen molar-refractivity contribution < 1.29 is 24.2 Å². The fraction of sp³-hybridized carbons (Fsp3) is 0.167. The molecule has 0 aromatic heterocycles. The van der Waals surface area contributed by atoms with Crippen molar-refractivity contribution >= 4 is 12.1 Å². The molecule has 0 spiro atoms. The molecule has 5 nitrogen and oxygen atoms in total. The Morgan fingerprint density at radius 3 is 2.07 bits per heavy atom. The average molecular weight is 390 g/mol. The Morgan fingerprint density at radius 1 is 0.862 bits per heavy atom. The maximum Gasteiger partial charge on any atom is 0.511 e. The number of rotatable bonds is 5. The molecule has 0 saturated carbocycles. The summed E-state index contributed by atoms with van der Waals surface area (Å²) in [7, 11) is 1.30. The second-order valence-electron chi connectivity index (χ2n) is 7.14. The lowest BCUT2D eigenvalue weighted by Crippen LogP contribution is -2.22. The summed E-state index contributed by atoms with van der Waals surface area (Å²) in [4.78, 5) is 23.1. The Kier molecular flexibility index (Phi) is 5.69. The van der Waals surface area contributed by atoms with E-state index in [4.69, 9.17) is 14.6 Å². The molecule has 0 heterocycles. The predicted octanol–water partition coefficient (Wildman–Crippen LogP) is 5.52. The number of benzene rings is 3. The molecule has 1 N–H and O–H groups in total. The molecule has 0 amide bonds. The Bertz CT molecular complexity index is 1020. The smallest absolute Gasteiger partial charge is 0.465 e. The number of ether oxygens (including phenoxy) is 2. The highest BCUT2D eigenvalue weighted by Crippen LogP contribution is 2.38. The number of carbonyl (C=O) groups is 2. The van der Waals surface area contributed by atoms with Crippen molar-refractivity contribution in [2.45, 2.75) is 19.3 Å². The van der Waals surface area contributed by atoms with Crippen LogP contribution in [-0.4, -0.2) is 24.3 Å². The summed E-state index contributed by atoms with van der Waals surface area (Å²) in [5.74, 6) is -0.314. The molecule has 3 rings (SSSR count). The summed E-state index contributed by atoms with van der Waals surface area (Å²) in [5, 5.41) is 9.10. The Hall–Kier alpha value is -3.60. The monoisotopic (exact) mass is 390 g/mol. The standard InChI is InChI=1S/C24H22O5/c1-24(2,19-12-9-17(10-13-19)16-7-5-4-6-8-16)20-15-18(22(25)28-3)11-14-21(20)29-23(26)27/h4-15H,1-3H3,(H,26,27). The Labute approximate surface area is 169 Å². The van der Waals surface area contributed by atoms with Gasteiger partial charge in [-0.15, -0.1) is 0 Å². The quantitative estimate of drug-likeness (QED) is 0.458. The van der Waals surface area contributed by atoms with Gasteiger partial charge in [0.2, 0.25) is 0 Å². The third kappa shape index (κ3) is 4.29. The van der Waals surface area contributed by atoms with Gasteiger partial charge in [-0.25, -0.2) is 9.59 Å². The molecular weight excluding hydrogens is 368 g/mol. The number of methoxy groups -OCH3 is 1. The molecule has 3 aromatic carbocycles. The number of hydrogen-bond donors (Lipinski definition) is 1. The molecule has 3 aromatic rings. The molecule has 0 aliphatic carbocycles. The Balaban J connectivity index is 2.05. The van der Waals surface area contributed by atoms with E-state index in [1.54, 1.807) is 6.07 Å². The normalized spacial score (nSPS) is 11.0. The highest BCUT2D eigenvalue weighted by atomic mass is 16.7. The highest BCUT2D eigenvalue weighted by Gasteiger charge is 2.29. The van der Waals surface area contributed by atoms with Crippen molar-refractivity contribution in [2.75, 3.05) is 7.11 Å². The molecular formula is C24H22O5. The lowest BCUT2D eigenvalue weighted by molar-refractivity contribution is 0.0600. The number of carboxylic acid groups (broad SMARTS) is 1. The van der Waals surface area contributed by atoms with Crippen molar-refractivity contribution in [1.29, 1.82) is 0 Å². The first-order chi connectivity index (χ1) is 13.8. The van der Waals surface area contributed by atoms with Gasteiger partial charge in [0.15, 0.2) is 0 Å². The van der Waals surface area contributed by atoms with Gasteiger partial charge in [0.25, 0.3) is 0 Å². The molecule has 148 valence electrons. The van der Waals surface area contributed by atoms with Gasteiger partial charge in [-0.3, -0.25) is 0 Å². The highest BCUT2D eigenvalue weighted by molar-refractivity contribution is 5.90. The van der Waals surface area contributed by atoms with E-state index in [9.17, 15) is 9.59 Å². The van der Waals surface area contributed by atoms with Crippen LogP contribution in [0.25, 0.3) is 11.1 Å². The van der Waals surface area contributed by atoms with E-state index in [1.165, 1.54) is 19.2 Å². The zero-order valence-corrected chi connectivity index (χ0v) is 16.5. The van der Waals surface area contributed by atoms with Crippen molar-refractivity contribution in [2.24, 2.45) is 0 Å². The van der Waals surface area contributed by atoms with Crippen LogP contribution in [0.4, 0.5) is 4.79 Å². The molecule has 0 aliphatic heterocycles. The van der Waals surface area contributed by atoms with Gasteiger partial charge in [-0.1, -0.05) is 68.4 Å². The molecule has 0 aliphatic rings. The van der Waals surface area contributed by atoms with Gasteiger partial charge in [-0.05, 0) is 34.9 Å². The van der Waals surface area contributed by atoms with Crippen LogP contribution in [-0.2, 0) is 10.2 Å². The van der Waals surface area contributed by atoms with Gasteiger partial charge in [0.1, 0.15) is 5.75 Å². The zero-order valence-electron chi connectivity index (χ0n) is 16.5.